The summed E-state index contributed by atoms with van der Waals surface area (Å²) in [6.45, 7) is 0.599. The molecule has 0 bridgehead atoms. The van der Waals surface area contributed by atoms with E-state index in [-0.39, 0.29) is 5.91 Å². The van der Waals surface area contributed by atoms with E-state index in [1.165, 1.54) is 6.33 Å². The number of amides is 1. The summed E-state index contributed by atoms with van der Waals surface area (Å²) in [5.74, 6) is -0.249. The fourth-order valence-electron chi connectivity index (χ4n) is 2.05. The van der Waals surface area contributed by atoms with Gasteiger partial charge in [-0.2, -0.15) is 5.10 Å². The molecule has 0 unspecified atom stereocenters. The first kappa shape index (κ1) is 15.5. The van der Waals surface area contributed by atoms with E-state index >= 15 is 0 Å². The van der Waals surface area contributed by atoms with E-state index in [1.807, 2.05) is 12.1 Å². The van der Waals surface area contributed by atoms with Gasteiger partial charge in [-0.1, -0.05) is 35.3 Å². The fraction of sp³-hybridized carbons (Fsp3) is 0.0625. The third-order valence-electron chi connectivity index (χ3n) is 3.20. The molecule has 0 aliphatic carbocycles. The molecule has 1 aromatic heterocycles. The number of nitrogens with one attached hydrogen (secondary N) is 1. The summed E-state index contributed by atoms with van der Waals surface area (Å²) in [6.07, 6.45) is 3.12. The second-order valence-corrected chi connectivity index (χ2v) is 5.71. The van der Waals surface area contributed by atoms with Crippen molar-refractivity contribution < 1.29 is 4.79 Å². The smallest absolute Gasteiger partial charge is 0.255 e. The minimum atomic E-state index is -0.249. The second kappa shape index (κ2) is 6.81. The van der Waals surface area contributed by atoms with E-state index in [9.17, 15) is 4.79 Å². The third kappa shape index (κ3) is 3.88. The molecule has 1 amide bonds. The molecule has 0 aliphatic rings. The van der Waals surface area contributed by atoms with E-state index < -0.39 is 0 Å². The fourth-order valence-corrected chi connectivity index (χ4v) is 2.39. The van der Waals surface area contributed by atoms with E-state index in [2.05, 4.69) is 15.4 Å². The number of carbonyl (C=O) groups is 1. The summed E-state index contributed by atoms with van der Waals surface area (Å²) < 4.78 is 1.71. The summed E-state index contributed by atoms with van der Waals surface area (Å²) in [7, 11) is 0. The van der Waals surface area contributed by atoms with E-state index in [4.69, 9.17) is 23.2 Å². The van der Waals surface area contributed by atoms with E-state index in [0.717, 1.165) is 5.56 Å². The summed E-state index contributed by atoms with van der Waals surface area (Å²) in [5, 5.41) is 7.73. The Morgan fingerprint density at radius 2 is 1.91 bits per heavy atom. The monoisotopic (exact) mass is 346 g/mol. The van der Waals surface area contributed by atoms with Crippen LogP contribution in [0.25, 0.3) is 0 Å². The lowest BCUT2D eigenvalue weighted by Crippen LogP contribution is -2.12. The first-order valence-corrected chi connectivity index (χ1v) is 7.55. The first-order chi connectivity index (χ1) is 11.1. The Morgan fingerprint density at radius 3 is 2.61 bits per heavy atom. The van der Waals surface area contributed by atoms with Gasteiger partial charge in [-0.05, 0) is 35.9 Å². The maximum absolute atomic E-state index is 12.3. The molecule has 1 heterocycles. The molecule has 23 heavy (non-hydrogen) atoms. The number of hydrogen-bond acceptors (Lipinski definition) is 3. The lowest BCUT2D eigenvalue weighted by atomic mass is 10.1. The van der Waals surface area contributed by atoms with Gasteiger partial charge in [0.15, 0.2) is 0 Å². The first-order valence-electron chi connectivity index (χ1n) is 6.79. The number of hydrogen-bond donors (Lipinski definition) is 1. The van der Waals surface area contributed by atoms with Crippen LogP contribution in [0, 0.1) is 0 Å². The molecule has 0 radical (unpaired) electrons. The van der Waals surface area contributed by atoms with Gasteiger partial charge >= 0.3 is 0 Å². The van der Waals surface area contributed by atoms with Gasteiger partial charge in [0.05, 0.1) is 17.3 Å². The van der Waals surface area contributed by atoms with Crippen LogP contribution in [0.15, 0.2) is 55.1 Å². The number of anilines is 1. The van der Waals surface area contributed by atoms with Crippen LogP contribution in [0.4, 0.5) is 5.69 Å². The van der Waals surface area contributed by atoms with Crippen LogP contribution < -0.4 is 5.32 Å². The predicted octanol–water partition coefficient (Wildman–Crippen LogP) is 3.89. The quantitative estimate of drug-likeness (QED) is 0.779. The van der Waals surface area contributed by atoms with Crippen LogP contribution in [-0.4, -0.2) is 20.7 Å². The highest BCUT2D eigenvalue weighted by Crippen LogP contribution is 2.25. The average molecular weight is 347 g/mol. The zero-order valence-corrected chi connectivity index (χ0v) is 13.4. The van der Waals surface area contributed by atoms with E-state index in [1.54, 1.807) is 41.3 Å². The highest BCUT2D eigenvalue weighted by atomic mass is 35.5. The lowest BCUT2D eigenvalue weighted by molar-refractivity contribution is 0.102. The largest absolute Gasteiger partial charge is 0.321 e. The minimum Gasteiger partial charge on any atom is -0.321 e. The Bertz CT molecular complexity index is 817. The van der Waals surface area contributed by atoms with Gasteiger partial charge in [0, 0.05) is 10.6 Å². The normalized spacial score (nSPS) is 10.5. The highest BCUT2D eigenvalue weighted by Gasteiger charge is 2.09. The van der Waals surface area contributed by atoms with Crippen molar-refractivity contribution in [1.29, 1.82) is 0 Å². The Morgan fingerprint density at radius 1 is 1.13 bits per heavy atom. The second-order valence-electron chi connectivity index (χ2n) is 4.87. The topological polar surface area (TPSA) is 59.8 Å². The van der Waals surface area contributed by atoms with Gasteiger partial charge in [0.25, 0.3) is 5.91 Å². The Balaban J connectivity index is 1.71. The molecule has 0 spiro atoms. The van der Waals surface area contributed by atoms with Crippen molar-refractivity contribution in [2.24, 2.45) is 0 Å². The molecule has 0 saturated heterocycles. The standard InChI is InChI=1S/C16H12Cl2N4O/c17-13-5-6-14(18)15(7-13)21-16(23)12-3-1-11(2-4-12)8-22-10-19-9-20-22/h1-7,9-10H,8H2,(H,21,23). The summed E-state index contributed by atoms with van der Waals surface area (Å²) in [4.78, 5) is 16.2. The molecule has 7 heteroatoms. The Kier molecular flexibility index (Phi) is 4.60. The molecule has 116 valence electrons. The molecular weight excluding hydrogens is 335 g/mol. The van der Waals surface area contributed by atoms with Gasteiger partial charge < -0.3 is 5.32 Å². The highest BCUT2D eigenvalue weighted by molar-refractivity contribution is 6.35. The molecule has 0 aliphatic heterocycles. The summed E-state index contributed by atoms with van der Waals surface area (Å²) in [6, 6.07) is 12.2. The lowest BCUT2D eigenvalue weighted by Gasteiger charge is -2.08. The molecule has 1 N–H and O–H groups in total. The number of halogens is 2. The van der Waals surface area contributed by atoms with Crippen molar-refractivity contribution in [3.63, 3.8) is 0 Å². The zero-order valence-electron chi connectivity index (χ0n) is 11.9. The maximum Gasteiger partial charge on any atom is 0.255 e. The molecule has 3 rings (SSSR count). The zero-order chi connectivity index (χ0) is 16.2. The van der Waals surface area contributed by atoms with Gasteiger partial charge in [0.1, 0.15) is 12.7 Å². The summed E-state index contributed by atoms with van der Waals surface area (Å²) >= 11 is 12.0. The molecule has 0 saturated carbocycles. The SMILES string of the molecule is O=C(Nc1cc(Cl)ccc1Cl)c1ccc(Cn2cncn2)cc1. The van der Waals surface area contributed by atoms with Crippen LogP contribution >= 0.6 is 23.2 Å². The number of nitrogens with zero attached hydrogens (tertiary/aromatic N) is 3. The number of carbonyl (C=O) groups excluding carboxylic acids is 1. The van der Waals surface area contributed by atoms with Crippen LogP contribution in [0.2, 0.25) is 10.0 Å². The van der Waals surface area contributed by atoms with Gasteiger partial charge in [0.2, 0.25) is 0 Å². The predicted molar refractivity (Wildman–Crippen MR) is 90.0 cm³/mol. The van der Waals surface area contributed by atoms with Crippen LogP contribution in [0.1, 0.15) is 15.9 Å². The molecule has 5 nitrogen and oxygen atoms in total. The van der Waals surface area contributed by atoms with Crippen molar-refractivity contribution in [3.05, 3.63) is 76.3 Å². The van der Waals surface area contributed by atoms with Crippen LogP contribution in [0.3, 0.4) is 0 Å². The molecular formula is C16H12Cl2N4O. The minimum absolute atomic E-state index is 0.249. The van der Waals surface area contributed by atoms with Crippen LogP contribution in [0.5, 0.6) is 0 Å². The third-order valence-corrected chi connectivity index (χ3v) is 3.77. The van der Waals surface area contributed by atoms with Crippen molar-refractivity contribution in [3.8, 4) is 0 Å². The Hall–Kier alpha value is -2.37. The number of rotatable bonds is 4. The number of benzene rings is 2. The van der Waals surface area contributed by atoms with Gasteiger partial charge in [-0.25, -0.2) is 9.67 Å². The molecule has 2 aromatic carbocycles. The number of aromatic nitrogens is 3. The molecule has 0 atom stereocenters. The van der Waals surface area contributed by atoms with Crippen molar-refractivity contribution in [2.45, 2.75) is 6.54 Å². The van der Waals surface area contributed by atoms with Crippen molar-refractivity contribution in [2.75, 3.05) is 5.32 Å². The molecule has 3 aromatic rings. The van der Waals surface area contributed by atoms with Gasteiger partial charge in [-0.3, -0.25) is 4.79 Å². The summed E-state index contributed by atoms with van der Waals surface area (Å²) in [5.41, 5.74) is 2.03. The maximum atomic E-state index is 12.3. The van der Waals surface area contributed by atoms with Crippen LogP contribution in [-0.2, 0) is 6.54 Å². The Labute approximate surface area is 142 Å². The average Bonchev–Trinajstić information content (AvgIpc) is 3.04. The van der Waals surface area contributed by atoms with Crippen molar-refractivity contribution in [1.82, 2.24) is 14.8 Å². The van der Waals surface area contributed by atoms with Gasteiger partial charge in [-0.15, -0.1) is 0 Å². The van der Waals surface area contributed by atoms with E-state index in [0.29, 0.717) is 27.8 Å². The molecule has 0 fully saturated rings. The van der Waals surface area contributed by atoms with Crippen molar-refractivity contribution >= 4 is 34.8 Å².